The number of hydrogen-bond acceptors (Lipinski definition) is 4. The molecule has 2 N–H and O–H groups in total. The molecule has 0 amide bonds. The van der Waals surface area contributed by atoms with E-state index in [-0.39, 0.29) is 31.7 Å². The third-order valence-electron chi connectivity index (χ3n) is 2.93. The van der Waals surface area contributed by atoms with Crippen molar-refractivity contribution in [1.82, 2.24) is 0 Å². The van der Waals surface area contributed by atoms with Crippen LogP contribution in [0.4, 0.5) is 8.78 Å². The van der Waals surface area contributed by atoms with Gasteiger partial charge in [0.1, 0.15) is 23.1 Å². The van der Waals surface area contributed by atoms with Gasteiger partial charge < -0.3 is 10.2 Å². The minimum atomic E-state index is -0.559. The van der Waals surface area contributed by atoms with Gasteiger partial charge in [0.25, 0.3) is 0 Å². The standard InChI is InChI=1S/C12H8F2O2S2/c1-3-7(13)5-9(15)12-6(8(14)4(2)18-12)10(16)11(5)17-3/h15-16H,1-2H3. The lowest BCUT2D eigenvalue weighted by molar-refractivity contribution is 0.476. The highest BCUT2D eigenvalue weighted by atomic mass is 32.1. The van der Waals surface area contributed by atoms with Gasteiger partial charge in [0, 0.05) is 9.75 Å². The van der Waals surface area contributed by atoms with Crippen LogP contribution in [0.3, 0.4) is 0 Å². The molecule has 3 aromatic rings. The van der Waals surface area contributed by atoms with E-state index in [1.54, 1.807) is 13.8 Å². The Labute approximate surface area is 109 Å². The van der Waals surface area contributed by atoms with Crippen LogP contribution < -0.4 is 0 Å². The van der Waals surface area contributed by atoms with E-state index in [0.29, 0.717) is 9.75 Å². The second-order valence-corrected chi connectivity index (χ2v) is 6.50. The second-order valence-electron chi connectivity index (χ2n) is 4.05. The van der Waals surface area contributed by atoms with Crippen molar-refractivity contribution in [2.24, 2.45) is 0 Å². The number of benzene rings is 1. The van der Waals surface area contributed by atoms with Crippen LogP contribution in [0.15, 0.2) is 0 Å². The molecule has 0 aliphatic heterocycles. The average Bonchev–Trinajstić information content (AvgIpc) is 2.78. The Balaban J connectivity index is 2.69. The van der Waals surface area contributed by atoms with Crippen LogP contribution in [-0.4, -0.2) is 10.2 Å². The van der Waals surface area contributed by atoms with Crippen LogP contribution in [0.25, 0.3) is 20.2 Å². The lowest BCUT2D eigenvalue weighted by atomic mass is 10.1. The predicted molar refractivity (Wildman–Crippen MR) is 69.9 cm³/mol. The van der Waals surface area contributed by atoms with Crippen LogP contribution >= 0.6 is 22.7 Å². The molecular weight excluding hydrogens is 278 g/mol. The van der Waals surface area contributed by atoms with Crippen molar-refractivity contribution in [3.8, 4) is 11.5 Å². The summed E-state index contributed by atoms with van der Waals surface area (Å²) in [6.45, 7) is 3.10. The summed E-state index contributed by atoms with van der Waals surface area (Å²) in [6, 6.07) is 0. The summed E-state index contributed by atoms with van der Waals surface area (Å²) < 4.78 is 28.1. The smallest absolute Gasteiger partial charge is 0.148 e. The zero-order chi connectivity index (χ0) is 13.2. The number of thiophene rings is 2. The number of rotatable bonds is 0. The monoisotopic (exact) mass is 286 g/mol. The first-order chi connectivity index (χ1) is 8.43. The molecule has 0 spiro atoms. The first kappa shape index (κ1) is 11.7. The van der Waals surface area contributed by atoms with Gasteiger partial charge in [-0.25, -0.2) is 8.78 Å². The quantitative estimate of drug-likeness (QED) is 0.600. The van der Waals surface area contributed by atoms with Gasteiger partial charge in [-0.1, -0.05) is 0 Å². The number of halogens is 2. The zero-order valence-electron chi connectivity index (χ0n) is 9.47. The second kappa shape index (κ2) is 3.55. The number of fused-ring (bicyclic) bond motifs is 2. The van der Waals surface area contributed by atoms with E-state index in [9.17, 15) is 19.0 Å². The molecule has 2 aromatic heterocycles. The normalized spacial score (nSPS) is 11.8. The Morgan fingerprint density at radius 3 is 1.44 bits per heavy atom. The lowest BCUT2D eigenvalue weighted by Gasteiger charge is -2.01. The largest absolute Gasteiger partial charge is 0.506 e. The van der Waals surface area contributed by atoms with Crippen molar-refractivity contribution < 1.29 is 19.0 Å². The summed E-state index contributed by atoms with van der Waals surface area (Å²) in [5.41, 5.74) is 0. The minimum Gasteiger partial charge on any atom is -0.506 e. The fourth-order valence-electron chi connectivity index (χ4n) is 2.03. The van der Waals surface area contributed by atoms with E-state index in [1.807, 2.05) is 0 Å². The minimum absolute atomic E-state index is 0.0243. The number of phenols is 2. The van der Waals surface area contributed by atoms with Crippen LogP contribution in [0, 0.1) is 25.5 Å². The Morgan fingerprint density at radius 1 is 0.778 bits per heavy atom. The number of aryl methyl sites for hydroxylation is 2. The van der Waals surface area contributed by atoms with Crippen molar-refractivity contribution in [3.05, 3.63) is 21.4 Å². The number of aromatic hydroxyl groups is 2. The Bertz CT molecular complexity index is 734. The lowest BCUT2D eigenvalue weighted by Crippen LogP contribution is -1.78. The van der Waals surface area contributed by atoms with Crippen molar-refractivity contribution in [2.75, 3.05) is 0 Å². The van der Waals surface area contributed by atoms with E-state index in [1.165, 1.54) is 0 Å². The molecule has 0 radical (unpaired) electrons. The maximum Gasteiger partial charge on any atom is 0.148 e. The molecule has 0 saturated carbocycles. The van der Waals surface area contributed by atoms with E-state index >= 15 is 0 Å². The molecule has 2 heterocycles. The summed E-state index contributed by atoms with van der Waals surface area (Å²) in [6.07, 6.45) is 0. The summed E-state index contributed by atoms with van der Waals surface area (Å²) >= 11 is 2.01. The van der Waals surface area contributed by atoms with Crippen LogP contribution in [0.1, 0.15) is 9.75 Å². The highest BCUT2D eigenvalue weighted by molar-refractivity contribution is 7.21. The van der Waals surface area contributed by atoms with Crippen LogP contribution in [0.2, 0.25) is 0 Å². The van der Waals surface area contributed by atoms with Crippen molar-refractivity contribution in [3.63, 3.8) is 0 Å². The Hall–Kier alpha value is -1.40. The van der Waals surface area contributed by atoms with Crippen LogP contribution in [-0.2, 0) is 0 Å². The Morgan fingerprint density at radius 2 is 1.11 bits per heavy atom. The zero-order valence-corrected chi connectivity index (χ0v) is 11.1. The van der Waals surface area contributed by atoms with Crippen molar-refractivity contribution >= 4 is 42.8 Å². The van der Waals surface area contributed by atoms with Gasteiger partial charge in [-0.2, -0.15) is 0 Å². The molecule has 3 rings (SSSR count). The average molecular weight is 286 g/mol. The number of hydrogen-bond donors (Lipinski definition) is 2. The molecule has 94 valence electrons. The maximum absolute atomic E-state index is 13.9. The summed E-state index contributed by atoms with van der Waals surface area (Å²) in [7, 11) is 0. The molecule has 0 unspecified atom stereocenters. The summed E-state index contributed by atoms with van der Waals surface area (Å²) in [4.78, 5) is 0.704. The molecule has 0 bridgehead atoms. The molecule has 0 atom stereocenters. The molecule has 0 saturated heterocycles. The predicted octanol–water partition coefficient (Wildman–Crippen LogP) is 4.42. The van der Waals surface area contributed by atoms with Gasteiger partial charge in [0.2, 0.25) is 0 Å². The van der Waals surface area contributed by atoms with Crippen LogP contribution in [0.5, 0.6) is 11.5 Å². The summed E-state index contributed by atoms with van der Waals surface area (Å²) in [5, 5.41) is 20.1. The topological polar surface area (TPSA) is 40.5 Å². The molecule has 2 nitrogen and oxygen atoms in total. The van der Waals surface area contributed by atoms with Gasteiger partial charge in [0.15, 0.2) is 0 Å². The number of phenolic OH excluding ortho intramolecular Hbond substituents is 2. The van der Waals surface area contributed by atoms with Gasteiger partial charge in [0.05, 0.1) is 20.2 Å². The van der Waals surface area contributed by atoms with Crippen molar-refractivity contribution in [2.45, 2.75) is 13.8 Å². The van der Waals surface area contributed by atoms with E-state index in [2.05, 4.69) is 0 Å². The van der Waals surface area contributed by atoms with Gasteiger partial charge in [-0.3, -0.25) is 0 Å². The van der Waals surface area contributed by atoms with Gasteiger partial charge in [-0.05, 0) is 13.8 Å². The SMILES string of the molecule is Cc1sc2c(O)c3c(F)c(C)sc3c(O)c2c1F. The summed E-state index contributed by atoms with van der Waals surface area (Å²) in [5.74, 6) is -1.71. The van der Waals surface area contributed by atoms with Crippen molar-refractivity contribution in [1.29, 1.82) is 0 Å². The molecule has 0 aliphatic carbocycles. The molecule has 1 aromatic carbocycles. The molecule has 18 heavy (non-hydrogen) atoms. The van der Waals surface area contributed by atoms with E-state index < -0.39 is 11.6 Å². The first-order valence-electron chi connectivity index (χ1n) is 5.14. The third kappa shape index (κ3) is 1.24. The highest BCUT2D eigenvalue weighted by Crippen LogP contribution is 2.50. The first-order valence-corrected chi connectivity index (χ1v) is 6.77. The highest BCUT2D eigenvalue weighted by Gasteiger charge is 2.24. The molecule has 0 fully saturated rings. The van der Waals surface area contributed by atoms with E-state index in [0.717, 1.165) is 22.7 Å². The molecule has 0 aliphatic rings. The fourth-order valence-corrected chi connectivity index (χ4v) is 4.00. The fraction of sp³-hybridized carbons (Fsp3) is 0.167. The van der Waals surface area contributed by atoms with Gasteiger partial charge >= 0.3 is 0 Å². The molecular formula is C12H8F2O2S2. The maximum atomic E-state index is 13.9. The third-order valence-corrected chi connectivity index (χ3v) is 5.10. The van der Waals surface area contributed by atoms with Gasteiger partial charge in [-0.15, -0.1) is 22.7 Å². The molecule has 6 heteroatoms. The van der Waals surface area contributed by atoms with E-state index in [4.69, 9.17) is 0 Å². The Kier molecular flexibility index (Phi) is 2.30.